The van der Waals surface area contributed by atoms with E-state index in [0.29, 0.717) is 12.0 Å². The van der Waals surface area contributed by atoms with Gasteiger partial charge < -0.3 is 26.8 Å². The normalized spacial score (nSPS) is 13.2. The molecule has 1 unspecified atom stereocenters. The molecule has 1 atom stereocenters. The number of hydrogen-bond donors (Lipinski definition) is 5. The zero-order valence-electron chi connectivity index (χ0n) is 11.1. The quantitative estimate of drug-likeness (QED) is 0.401. The maximum Gasteiger partial charge on any atom is 0.309 e. The molecule has 0 spiro atoms. The summed E-state index contributed by atoms with van der Waals surface area (Å²) in [5, 5.41) is 28.0. The number of phenols is 2. The average Bonchev–Trinajstić information content (AvgIpc) is 2.24. The predicted molar refractivity (Wildman–Crippen MR) is 71.9 cm³/mol. The van der Waals surface area contributed by atoms with E-state index in [1.807, 2.05) is 0 Å². The van der Waals surface area contributed by atoms with Crippen molar-refractivity contribution in [2.24, 2.45) is 11.1 Å². The summed E-state index contributed by atoms with van der Waals surface area (Å²) < 4.78 is 0. The highest BCUT2D eigenvalue weighted by molar-refractivity contribution is 5.73. The molecule has 6 nitrogen and oxygen atoms in total. The van der Waals surface area contributed by atoms with Gasteiger partial charge in [0, 0.05) is 6.04 Å². The molecule has 0 aliphatic heterocycles. The maximum absolute atomic E-state index is 11.0. The third kappa shape index (κ3) is 3.75. The molecule has 0 saturated heterocycles. The zero-order chi connectivity index (χ0) is 14.8. The summed E-state index contributed by atoms with van der Waals surface area (Å²) in [6, 6.07) is 2.44. The Morgan fingerprint density at radius 1 is 1.32 bits per heavy atom. The Kier molecular flexibility index (Phi) is 4.26. The molecule has 0 amide bonds. The summed E-state index contributed by atoms with van der Waals surface area (Å²) in [5.41, 5.74) is 10.9. The molecule has 106 valence electrons. The third-order valence-electron chi connectivity index (χ3n) is 3.05. The van der Waals surface area contributed by atoms with Crippen LogP contribution >= 0.6 is 0 Å². The van der Waals surface area contributed by atoms with Crippen LogP contribution in [0.4, 0.5) is 5.69 Å². The van der Waals surface area contributed by atoms with E-state index in [9.17, 15) is 15.0 Å². The van der Waals surface area contributed by atoms with Crippen LogP contribution in [0, 0.1) is 5.41 Å². The van der Waals surface area contributed by atoms with Crippen LogP contribution in [-0.2, 0) is 11.2 Å². The van der Waals surface area contributed by atoms with Crippen molar-refractivity contribution in [2.45, 2.75) is 32.7 Å². The number of carbonyl (C=O) groups is 1. The molecule has 1 aromatic rings. The van der Waals surface area contributed by atoms with Crippen LogP contribution in [0.1, 0.15) is 25.8 Å². The summed E-state index contributed by atoms with van der Waals surface area (Å²) in [6.45, 7) is 3.21. The number of benzene rings is 1. The highest BCUT2D eigenvalue weighted by Crippen LogP contribution is 2.32. The van der Waals surface area contributed by atoms with Gasteiger partial charge in [-0.1, -0.05) is 0 Å². The van der Waals surface area contributed by atoms with E-state index in [2.05, 4.69) is 0 Å². The van der Waals surface area contributed by atoms with Crippen LogP contribution in [0.25, 0.3) is 0 Å². The fourth-order valence-corrected chi connectivity index (χ4v) is 1.92. The topological polar surface area (TPSA) is 130 Å². The summed E-state index contributed by atoms with van der Waals surface area (Å²) in [4.78, 5) is 11.0. The minimum Gasteiger partial charge on any atom is -0.506 e. The van der Waals surface area contributed by atoms with E-state index in [1.54, 1.807) is 13.8 Å². The Labute approximate surface area is 111 Å². The molecule has 0 aliphatic rings. The Hall–Kier alpha value is -1.95. The van der Waals surface area contributed by atoms with Crippen molar-refractivity contribution in [3.05, 3.63) is 17.7 Å². The van der Waals surface area contributed by atoms with Crippen LogP contribution in [0.15, 0.2) is 12.1 Å². The van der Waals surface area contributed by atoms with Crippen molar-refractivity contribution in [3.8, 4) is 11.5 Å². The molecule has 0 bridgehead atoms. The van der Waals surface area contributed by atoms with Gasteiger partial charge in [-0.15, -0.1) is 0 Å². The molecule has 19 heavy (non-hydrogen) atoms. The lowest BCUT2D eigenvalue weighted by Gasteiger charge is -2.23. The molecule has 0 radical (unpaired) electrons. The summed E-state index contributed by atoms with van der Waals surface area (Å²) >= 11 is 0. The van der Waals surface area contributed by atoms with Gasteiger partial charge in [0.1, 0.15) is 17.2 Å². The molecule has 1 aromatic carbocycles. The number of aliphatic carboxylic acids is 1. The van der Waals surface area contributed by atoms with Gasteiger partial charge in [0.05, 0.1) is 5.41 Å². The largest absolute Gasteiger partial charge is 0.506 e. The number of carboxylic acid groups (broad SMARTS) is 1. The number of nitrogen functional groups attached to an aromatic ring is 1. The Morgan fingerprint density at radius 2 is 1.79 bits per heavy atom. The first-order chi connectivity index (χ1) is 8.63. The number of hydrogen-bond acceptors (Lipinski definition) is 5. The number of carboxylic acids is 1. The molecule has 0 fully saturated rings. The summed E-state index contributed by atoms with van der Waals surface area (Å²) in [6.07, 6.45) is 0.631. The smallest absolute Gasteiger partial charge is 0.309 e. The molecular formula is C13H20N2O4. The molecule has 0 heterocycles. The second kappa shape index (κ2) is 5.36. The van der Waals surface area contributed by atoms with Gasteiger partial charge in [-0.05, 0) is 44.4 Å². The van der Waals surface area contributed by atoms with Crippen molar-refractivity contribution in [2.75, 3.05) is 5.73 Å². The first-order valence-corrected chi connectivity index (χ1v) is 5.93. The minimum absolute atomic E-state index is 0.0804. The van der Waals surface area contributed by atoms with Gasteiger partial charge >= 0.3 is 5.97 Å². The molecule has 7 N–H and O–H groups in total. The van der Waals surface area contributed by atoms with Gasteiger partial charge in [-0.2, -0.15) is 0 Å². The molecule has 0 saturated carbocycles. The molecule has 0 aromatic heterocycles. The first-order valence-electron chi connectivity index (χ1n) is 5.93. The van der Waals surface area contributed by atoms with E-state index >= 15 is 0 Å². The molecule has 1 rings (SSSR count). The maximum atomic E-state index is 11.0. The van der Waals surface area contributed by atoms with E-state index in [-0.39, 0.29) is 23.6 Å². The summed E-state index contributed by atoms with van der Waals surface area (Å²) in [5.74, 6) is -1.33. The fraction of sp³-hybridized carbons (Fsp3) is 0.462. The van der Waals surface area contributed by atoms with E-state index in [4.69, 9.17) is 16.6 Å². The number of rotatable bonds is 5. The highest BCUT2D eigenvalue weighted by Gasteiger charge is 2.29. The SMILES string of the molecule is CC(C)(CC(N)Cc1cc(O)c(N)c(O)c1)C(=O)O. The first kappa shape index (κ1) is 15.1. The number of phenolic OH excluding ortho intramolecular Hbond substituents is 2. The van der Waals surface area contributed by atoms with Crippen molar-refractivity contribution in [3.63, 3.8) is 0 Å². The second-order valence-electron chi connectivity index (χ2n) is 5.41. The standard InChI is InChI=1S/C13H20N2O4/c1-13(2,12(18)19)6-8(14)3-7-4-9(16)11(15)10(17)5-7/h4-5,8,16-17H,3,6,14-15H2,1-2H3,(H,18,19). The van der Waals surface area contributed by atoms with Crippen LogP contribution in [0.2, 0.25) is 0 Å². The fourth-order valence-electron chi connectivity index (χ4n) is 1.92. The van der Waals surface area contributed by atoms with Crippen LogP contribution in [0.5, 0.6) is 11.5 Å². The summed E-state index contributed by atoms with van der Waals surface area (Å²) in [7, 11) is 0. The minimum atomic E-state index is -0.919. The van der Waals surface area contributed by atoms with Crippen LogP contribution in [0.3, 0.4) is 0 Å². The van der Waals surface area contributed by atoms with Crippen molar-refractivity contribution in [1.82, 2.24) is 0 Å². The van der Waals surface area contributed by atoms with Crippen LogP contribution in [-0.4, -0.2) is 27.3 Å². The van der Waals surface area contributed by atoms with Gasteiger partial charge in [0.25, 0.3) is 0 Å². The van der Waals surface area contributed by atoms with Crippen molar-refractivity contribution >= 4 is 11.7 Å². The average molecular weight is 268 g/mol. The number of aromatic hydroxyl groups is 2. The Balaban J connectivity index is 2.78. The van der Waals surface area contributed by atoms with E-state index in [0.717, 1.165) is 0 Å². The number of anilines is 1. The third-order valence-corrected chi connectivity index (χ3v) is 3.05. The van der Waals surface area contributed by atoms with Crippen molar-refractivity contribution in [1.29, 1.82) is 0 Å². The van der Waals surface area contributed by atoms with Gasteiger partial charge in [-0.3, -0.25) is 4.79 Å². The van der Waals surface area contributed by atoms with E-state index in [1.165, 1.54) is 12.1 Å². The Morgan fingerprint density at radius 3 is 2.21 bits per heavy atom. The zero-order valence-corrected chi connectivity index (χ0v) is 11.1. The van der Waals surface area contributed by atoms with Crippen molar-refractivity contribution < 1.29 is 20.1 Å². The monoisotopic (exact) mass is 268 g/mol. The van der Waals surface area contributed by atoms with Gasteiger partial charge in [-0.25, -0.2) is 0 Å². The number of nitrogens with two attached hydrogens (primary N) is 2. The molecular weight excluding hydrogens is 248 g/mol. The Bertz CT molecular complexity index is 463. The molecule has 0 aliphatic carbocycles. The predicted octanol–water partition coefficient (Wildman–Crippen LogP) is 1.05. The van der Waals surface area contributed by atoms with Gasteiger partial charge in [0.2, 0.25) is 0 Å². The van der Waals surface area contributed by atoms with Gasteiger partial charge in [0.15, 0.2) is 0 Å². The second-order valence-corrected chi connectivity index (χ2v) is 5.41. The highest BCUT2D eigenvalue weighted by atomic mass is 16.4. The lowest BCUT2D eigenvalue weighted by atomic mass is 9.84. The lowest BCUT2D eigenvalue weighted by Crippen LogP contribution is -2.34. The van der Waals surface area contributed by atoms with Crippen LogP contribution < -0.4 is 11.5 Å². The van der Waals surface area contributed by atoms with E-state index < -0.39 is 17.4 Å². The molecule has 6 heteroatoms. The lowest BCUT2D eigenvalue weighted by molar-refractivity contribution is -0.147.